The Morgan fingerprint density at radius 1 is 1.20 bits per heavy atom. The first-order chi connectivity index (χ1) is 11.5. The Labute approximate surface area is 154 Å². The molecule has 2 aliphatic heterocycles. The van der Waals surface area contributed by atoms with Crippen molar-refractivity contribution in [1.82, 2.24) is 14.9 Å². The Morgan fingerprint density at radius 2 is 1.84 bits per heavy atom. The molecule has 9 heteroatoms. The van der Waals surface area contributed by atoms with E-state index < -0.39 is 16.1 Å². The predicted octanol–water partition coefficient (Wildman–Crippen LogP) is 0.203. The fraction of sp³-hybridized carbons (Fsp3) is 0.562. The van der Waals surface area contributed by atoms with E-state index in [1.165, 1.54) is 28.6 Å². The second kappa shape index (κ2) is 8.46. The summed E-state index contributed by atoms with van der Waals surface area (Å²) in [7, 11) is -3.45. The van der Waals surface area contributed by atoms with Crippen molar-refractivity contribution >= 4 is 28.3 Å². The third-order valence-corrected chi connectivity index (χ3v) is 6.56. The maximum absolute atomic E-state index is 12.4. The van der Waals surface area contributed by atoms with Crippen LogP contribution in [-0.4, -0.2) is 62.6 Å². The first-order valence-corrected chi connectivity index (χ1v) is 9.69. The lowest BCUT2D eigenvalue weighted by Gasteiger charge is -2.16. The van der Waals surface area contributed by atoms with Crippen LogP contribution in [0.4, 0.5) is 0 Å². The Kier molecular flexibility index (Phi) is 6.81. The summed E-state index contributed by atoms with van der Waals surface area (Å²) < 4.78 is 26.4. The molecule has 0 saturated carbocycles. The van der Waals surface area contributed by atoms with Gasteiger partial charge in [0.15, 0.2) is 0 Å². The number of aliphatic hydroxyl groups excluding tert-OH is 1. The average Bonchev–Trinajstić information content (AvgIpc) is 3.25. The van der Waals surface area contributed by atoms with Gasteiger partial charge in [-0.15, -0.1) is 12.4 Å². The number of halogens is 1. The number of carbonyl (C=O) groups excluding carboxylic acids is 1. The van der Waals surface area contributed by atoms with Crippen molar-refractivity contribution in [2.75, 3.05) is 32.7 Å². The van der Waals surface area contributed by atoms with Crippen molar-refractivity contribution in [3.8, 4) is 0 Å². The van der Waals surface area contributed by atoms with Gasteiger partial charge < -0.3 is 15.7 Å². The molecule has 2 fully saturated rings. The van der Waals surface area contributed by atoms with Gasteiger partial charge >= 0.3 is 0 Å². The van der Waals surface area contributed by atoms with E-state index in [4.69, 9.17) is 0 Å². The van der Waals surface area contributed by atoms with Crippen LogP contribution in [0, 0.1) is 5.92 Å². The van der Waals surface area contributed by atoms with Crippen molar-refractivity contribution in [3.63, 3.8) is 0 Å². The summed E-state index contributed by atoms with van der Waals surface area (Å²) in [5.41, 5.74) is 0.413. The number of sulfonamides is 1. The standard InChI is InChI=1S/C16H23N3O4S.ClH/c20-15-11-17-9-13(15)10-18-16(21)12-3-5-14(6-4-12)24(22,23)19-7-1-2-8-19;/h3-6,13,15,17,20H,1-2,7-11H2,(H,18,21);1H. The summed E-state index contributed by atoms with van der Waals surface area (Å²) >= 11 is 0. The lowest BCUT2D eigenvalue weighted by Crippen LogP contribution is -2.34. The van der Waals surface area contributed by atoms with Gasteiger partial charge in [0.1, 0.15) is 0 Å². The van der Waals surface area contributed by atoms with E-state index in [-0.39, 0.29) is 29.1 Å². The number of nitrogens with one attached hydrogen (secondary N) is 2. The van der Waals surface area contributed by atoms with Crippen LogP contribution in [0.25, 0.3) is 0 Å². The van der Waals surface area contributed by atoms with Crippen LogP contribution in [0.15, 0.2) is 29.2 Å². The number of hydrogen-bond donors (Lipinski definition) is 3. The highest BCUT2D eigenvalue weighted by Crippen LogP contribution is 2.21. The van der Waals surface area contributed by atoms with Crippen LogP contribution in [0.2, 0.25) is 0 Å². The maximum Gasteiger partial charge on any atom is 0.251 e. The van der Waals surface area contributed by atoms with Crippen molar-refractivity contribution < 1.29 is 18.3 Å². The van der Waals surface area contributed by atoms with E-state index in [9.17, 15) is 18.3 Å². The molecule has 2 aliphatic rings. The highest BCUT2D eigenvalue weighted by Gasteiger charge is 2.27. The van der Waals surface area contributed by atoms with E-state index in [1.54, 1.807) is 0 Å². The minimum Gasteiger partial charge on any atom is -0.391 e. The van der Waals surface area contributed by atoms with Gasteiger partial charge in [-0.25, -0.2) is 8.42 Å². The third-order valence-electron chi connectivity index (χ3n) is 4.65. The first-order valence-electron chi connectivity index (χ1n) is 8.25. The predicted molar refractivity (Wildman–Crippen MR) is 96.4 cm³/mol. The fourth-order valence-electron chi connectivity index (χ4n) is 3.11. The molecule has 1 aromatic rings. The molecule has 3 N–H and O–H groups in total. The van der Waals surface area contributed by atoms with Crippen molar-refractivity contribution in [3.05, 3.63) is 29.8 Å². The minimum atomic E-state index is -3.45. The summed E-state index contributed by atoms with van der Waals surface area (Å²) in [5, 5.41) is 15.6. The molecule has 0 aromatic heterocycles. The normalized spacial score (nSPS) is 24.0. The fourth-order valence-corrected chi connectivity index (χ4v) is 4.63. The second-order valence-corrected chi connectivity index (χ2v) is 8.27. The molecule has 0 spiro atoms. The number of benzene rings is 1. The summed E-state index contributed by atoms with van der Waals surface area (Å²) in [6.45, 7) is 2.73. The zero-order valence-corrected chi connectivity index (χ0v) is 15.5. The van der Waals surface area contributed by atoms with Gasteiger partial charge in [-0.2, -0.15) is 4.31 Å². The van der Waals surface area contributed by atoms with Gasteiger partial charge in [0.2, 0.25) is 10.0 Å². The average molecular weight is 390 g/mol. The van der Waals surface area contributed by atoms with Crippen LogP contribution in [0.3, 0.4) is 0 Å². The Bertz CT molecular complexity index is 690. The highest BCUT2D eigenvalue weighted by atomic mass is 35.5. The van der Waals surface area contributed by atoms with Crippen LogP contribution in [-0.2, 0) is 10.0 Å². The molecule has 25 heavy (non-hydrogen) atoms. The molecule has 140 valence electrons. The van der Waals surface area contributed by atoms with Gasteiger partial charge in [0.25, 0.3) is 5.91 Å². The summed E-state index contributed by atoms with van der Waals surface area (Å²) in [6.07, 6.45) is 1.33. The number of nitrogens with zero attached hydrogens (tertiary/aromatic N) is 1. The number of amides is 1. The molecule has 2 unspecified atom stereocenters. The maximum atomic E-state index is 12.4. The molecular formula is C16H24ClN3O4S. The molecule has 7 nitrogen and oxygen atoms in total. The quantitative estimate of drug-likeness (QED) is 0.668. The first kappa shape index (κ1) is 20.1. The molecule has 1 amide bonds. The van der Waals surface area contributed by atoms with E-state index in [2.05, 4.69) is 10.6 Å². The zero-order valence-electron chi connectivity index (χ0n) is 13.8. The number of carbonyl (C=O) groups is 1. The summed E-state index contributed by atoms with van der Waals surface area (Å²) in [5.74, 6) is -0.261. The summed E-state index contributed by atoms with van der Waals surface area (Å²) in [4.78, 5) is 12.4. The molecule has 0 bridgehead atoms. The Hall–Kier alpha value is -1.19. The lowest BCUT2D eigenvalue weighted by atomic mass is 10.1. The van der Waals surface area contributed by atoms with Crippen molar-refractivity contribution in [2.24, 2.45) is 5.92 Å². The Morgan fingerprint density at radius 3 is 2.40 bits per heavy atom. The van der Waals surface area contributed by atoms with Crippen LogP contribution < -0.4 is 10.6 Å². The SMILES string of the molecule is Cl.O=C(NCC1CNCC1O)c1ccc(S(=O)(=O)N2CCCC2)cc1. The number of aliphatic hydroxyl groups is 1. The molecule has 3 rings (SSSR count). The molecule has 2 atom stereocenters. The minimum absolute atomic E-state index is 0. The van der Waals surface area contributed by atoms with Crippen molar-refractivity contribution in [2.45, 2.75) is 23.8 Å². The number of β-amino-alcohol motifs (C(OH)–C–C–N with tert-alkyl or cyclic N) is 1. The topological polar surface area (TPSA) is 98.7 Å². The van der Waals surface area contributed by atoms with E-state index >= 15 is 0 Å². The molecule has 2 heterocycles. The largest absolute Gasteiger partial charge is 0.391 e. The zero-order chi connectivity index (χ0) is 17.2. The number of hydrogen-bond acceptors (Lipinski definition) is 5. The lowest BCUT2D eigenvalue weighted by molar-refractivity contribution is 0.0927. The molecular weight excluding hydrogens is 366 g/mol. The van der Waals surface area contributed by atoms with Crippen molar-refractivity contribution in [1.29, 1.82) is 0 Å². The summed E-state index contributed by atoms with van der Waals surface area (Å²) in [6, 6.07) is 6.02. The van der Waals surface area contributed by atoms with Gasteiger partial charge in [0.05, 0.1) is 11.0 Å². The molecule has 0 aliphatic carbocycles. The number of rotatable bonds is 5. The van der Waals surface area contributed by atoms with E-state index in [0.29, 0.717) is 38.3 Å². The van der Waals surface area contributed by atoms with Gasteiger partial charge in [-0.1, -0.05) is 0 Å². The van der Waals surface area contributed by atoms with E-state index in [0.717, 1.165) is 12.8 Å². The van der Waals surface area contributed by atoms with Gasteiger partial charge in [0, 0.05) is 44.2 Å². The van der Waals surface area contributed by atoms with Crippen LogP contribution in [0.5, 0.6) is 0 Å². The second-order valence-electron chi connectivity index (χ2n) is 6.33. The van der Waals surface area contributed by atoms with E-state index in [1.807, 2.05) is 0 Å². The van der Waals surface area contributed by atoms with Gasteiger partial charge in [-0.3, -0.25) is 4.79 Å². The molecule has 0 radical (unpaired) electrons. The molecule has 1 aromatic carbocycles. The molecule has 2 saturated heterocycles. The monoisotopic (exact) mass is 389 g/mol. The third kappa shape index (κ3) is 4.51. The van der Waals surface area contributed by atoms with Crippen LogP contribution in [0.1, 0.15) is 23.2 Å². The van der Waals surface area contributed by atoms with Gasteiger partial charge in [-0.05, 0) is 37.1 Å². The smallest absolute Gasteiger partial charge is 0.251 e. The van der Waals surface area contributed by atoms with Crippen LogP contribution >= 0.6 is 12.4 Å². The highest BCUT2D eigenvalue weighted by molar-refractivity contribution is 7.89. The Balaban J connectivity index is 0.00000225.